The van der Waals surface area contributed by atoms with Gasteiger partial charge in [0.2, 0.25) is 0 Å². The summed E-state index contributed by atoms with van der Waals surface area (Å²) in [5.74, 6) is -1.20. The first kappa shape index (κ1) is 18.2. The zero-order chi connectivity index (χ0) is 20.2. The first-order chi connectivity index (χ1) is 13.1. The van der Waals surface area contributed by atoms with Crippen LogP contribution >= 0.6 is 0 Å². The van der Waals surface area contributed by atoms with E-state index in [2.05, 4.69) is 20.8 Å². The maximum absolute atomic E-state index is 12.4. The molecule has 0 fully saturated rings. The molecule has 6 heteroatoms. The van der Waals surface area contributed by atoms with Crippen LogP contribution in [0.4, 0.5) is 0 Å². The molecule has 3 aromatic rings. The normalized spacial score (nSPS) is 15.8. The molecule has 1 aliphatic heterocycles. The van der Waals surface area contributed by atoms with Gasteiger partial charge in [-0.15, -0.1) is 0 Å². The van der Waals surface area contributed by atoms with Crippen molar-refractivity contribution in [3.8, 4) is 22.6 Å². The molecular weight excluding hydrogens is 354 g/mol. The number of aromatic nitrogens is 3. The Labute approximate surface area is 163 Å². The molecular formula is C22H23N3O3. The summed E-state index contributed by atoms with van der Waals surface area (Å²) in [5, 5.41) is 14.2. The molecule has 1 aromatic carbocycles. The van der Waals surface area contributed by atoms with Crippen molar-refractivity contribution in [2.75, 3.05) is 0 Å². The van der Waals surface area contributed by atoms with Crippen LogP contribution in [-0.4, -0.2) is 25.4 Å². The third kappa shape index (κ3) is 2.95. The number of benzene rings is 1. The Morgan fingerprint density at radius 2 is 1.82 bits per heavy atom. The molecule has 1 aliphatic rings. The highest BCUT2D eigenvalue weighted by molar-refractivity contribution is 5.87. The molecule has 0 unspecified atom stereocenters. The van der Waals surface area contributed by atoms with Gasteiger partial charge in [-0.3, -0.25) is 9.48 Å². The van der Waals surface area contributed by atoms with Crippen LogP contribution in [0.5, 0.6) is 0 Å². The molecule has 0 saturated carbocycles. The van der Waals surface area contributed by atoms with E-state index < -0.39 is 11.4 Å². The van der Waals surface area contributed by atoms with Crippen LogP contribution in [0.15, 0.2) is 47.4 Å². The number of hydrogen-bond donors (Lipinski definition) is 1. The molecule has 4 rings (SSSR count). The number of fused-ring (bicyclic) bond motifs is 3. The van der Waals surface area contributed by atoms with Crippen molar-refractivity contribution in [1.82, 2.24) is 14.3 Å². The minimum absolute atomic E-state index is 0.0283. The highest BCUT2D eigenvalue weighted by Crippen LogP contribution is 2.40. The average Bonchev–Trinajstić information content (AvgIpc) is 3.04. The molecule has 1 atom stereocenters. The molecule has 0 saturated heterocycles. The number of rotatable bonds is 2. The van der Waals surface area contributed by atoms with E-state index >= 15 is 0 Å². The Bertz CT molecular complexity index is 1130. The van der Waals surface area contributed by atoms with Crippen molar-refractivity contribution < 1.29 is 9.90 Å². The Balaban J connectivity index is 1.93. The number of carboxylic acid groups (broad SMARTS) is 1. The lowest BCUT2D eigenvalue weighted by atomic mass is 9.85. The second kappa shape index (κ2) is 6.19. The van der Waals surface area contributed by atoms with Crippen molar-refractivity contribution in [2.24, 2.45) is 5.41 Å². The van der Waals surface area contributed by atoms with Crippen LogP contribution in [-0.2, 0) is 6.54 Å². The summed E-state index contributed by atoms with van der Waals surface area (Å²) in [4.78, 5) is 23.9. The molecule has 0 bridgehead atoms. The Kier molecular flexibility index (Phi) is 4.03. The van der Waals surface area contributed by atoms with Gasteiger partial charge >= 0.3 is 5.97 Å². The van der Waals surface area contributed by atoms with Crippen molar-refractivity contribution in [3.63, 3.8) is 0 Å². The van der Waals surface area contributed by atoms with Crippen LogP contribution in [0.2, 0.25) is 0 Å². The number of aromatic carboxylic acids is 1. The maximum Gasteiger partial charge on any atom is 0.341 e. The average molecular weight is 377 g/mol. The minimum atomic E-state index is -1.20. The van der Waals surface area contributed by atoms with E-state index in [1.165, 1.54) is 17.8 Å². The summed E-state index contributed by atoms with van der Waals surface area (Å²) in [6, 6.07) is 11.5. The summed E-state index contributed by atoms with van der Waals surface area (Å²) in [6.07, 6.45) is 1.48. The molecule has 1 N–H and O–H groups in total. The minimum Gasteiger partial charge on any atom is -0.477 e. The number of carbonyl (C=O) groups is 1. The van der Waals surface area contributed by atoms with Gasteiger partial charge in [0.1, 0.15) is 5.56 Å². The van der Waals surface area contributed by atoms with E-state index in [9.17, 15) is 14.7 Å². The Morgan fingerprint density at radius 1 is 1.14 bits per heavy atom. The number of nitrogens with zero attached hydrogens (tertiary/aromatic N) is 3. The second-order valence-corrected chi connectivity index (χ2v) is 8.49. The molecule has 144 valence electrons. The van der Waals surface area contributed by atoms with Gasteiger partial charge in [0.25, 0.3) is 0 Å². The largest absolute Gasteiger partial charge is 0.477 e. The Hall–Kier alpha value is -3.15. The lowest BCUT2D eigenvalue weighted by Gasteiger charge is -2.38. The van der Waals surface area contributed by atoms with Gasteiger partial charge < -0.3 is 9.67 Å². The SMILES string of the molecule is Cc1ccc(-c2cc3n(n2)C[C@@H](C(C)(C)C)n2cc(C(=O)O)c(=O)cc2-3)cc1. The summed E-state index contributed by atoms with van der Waals surface area (Å²) in [6.45, 7) is 8.97. The highest BCUT2D eigenvalue weighted by atomic mass is 16.4. The predicted octanol–water partition coefficient (Wildman–Crippen LogP) is 3.99. The van der Waals surface area contributed by atoms with Crippen LogP contribution in [0.1, 0.15) is 42.7 Å². The van der Waals surface area contributed by atoms with Crippen LogP contribution in [0.25, 0.3) is 22.6 Å². The second-order valence-electron chi connectivity index (χ2n) is 8.49. The molecule has 2 aromatic heterocycles. The first-order valence-electron chi connectivity index (χ1n) is 9.30. The third-order valence-corrected chi connectivity index (χ3v) is 5.38. The van der Waals surface area contributed by atoms with E-state index in [4.69, 9.17) is 5.10 Å². The third-order valence-electron chi connectivity index (χ3n) is 5.38. The smallest absolute Gasteiger partial charge is 0.341 e. The number of hydrogen-bond acceptors (Lipinski definition) is 3. The standard InChI is InChI=1S/C22H23N3O3/c1-13-5-7-14(8-6-13)16-9-18-17-10-19(26)15(21(27)28)11-24(17)20(22(2,3)4)12-25(18)23-16/h5-11,20H,12H2,1-4H3,(H,27,28)/t20-/m0/s1. The lowest BCUT2D eigenvalue weighted by molar-refractivity contribution is 0.0693. The van der Waals surface area contributed by atoms with Crippen molar-refractivity contribution >= 4 is 5.97 Å². The predicted molar refractivity (Wildman–Crippen MR) is 108 cm³/mol. The van der Waals surface area contributed by atoms with Crippen molar-refractivity contribution in [3.05, 3.63) is 63.9 Å². The fourth-order valence-electron chi connectivity index (χ4n) is 3.74. The highest BCUT2D eigenvalue weighted by Gasteiger charge is 2.34. The zero-order valence-corrected chi connectivity index (χ0v) is 16.4. The fourth-order valence-corrected chi connectivity index (χ4v) is 3.74. The van der Waals surface area contributed by atoms with Crippen LogP contribution in [0.3, 0.4) is 0 Å². The Morgan fingerprint density at radius 3 is 2.43 bits per heavy atom. The van der Waals surface area contributed by atoms with Crippen molar-refractivity contribution in [2.45, 2.75) is 40.3 Å². The van der Waals surface area contributed by atoms with Gasteiger partial charge in [-0.1, -0.05) is 50.6 Å². The van der Waals surface area contributed by atoms with Crippen molar-refractivity contribution in [1.29, 1.82) is 0 Å². The van der Waals surface area contributed by atoms with Gasteiger partial charge in [0.15, 0.2) is 5.43 Å². The fraction of sp³-hybridized carbons (Fsp3) is 0.318. The van der Waals surface area contributed by atoms with Gasteiger partial charge in [-0.05, 0) is 18.4 Å². The number of aryl methyl sites for hydroxylation is 1. The van der Waals surface area contributed by atoms with Gasteiger partial charge in [-0.2, -0.15) is 5.10 Å². The molecule has 6 nitrogen and oxygen atoms in total. The molecule has 0 amide bonds. The molecule has 0 aliphatic carbocycles. The maximum atomic E-state index is 12.4. The number of pyridine rings is 1. The summed E-state index contributed by atoms with van der Waals surface area (Å²) in [7, 11) is 0. The van der Waals surface area contributed by atoms with E-state index in [0.717, 1.165) is 17.0 Å². The molecule has 28 heavy (non-hydrogen) atoms. The van der Waals surface area contributed by atoms with E-state index in [0.29, 0.717) is 12.2 Å². The van der Waals surface area contributed by atoms with Crippen LogP contribution < -0.4 is 5.43 Å². The zero-order valence-electron chi connectivity index (χ0n) is 16.4. The monoisotopic (exact) mass is 377 g/mol. The van der Waals surface area contributed by atoms with Gasteiger partial charge in [-0.25, -0.2) is 4.79 Å². The van der Waals surface area contributed by atoms with Gasteiger partial charge in [0, 0.05) is 17.8 Å². The summed E-state index contributed by atoms with van der Waals surface area (Å²) >= 11 is 0. The molecule has 0 spiro atoms. The van der Waals surface area contributed by atoms with E-state index in [-0.39, 0.29) is 17.0 Å². The van der Waals surface area contributed by atoms with E-state index in [1.54, 1.807) is 0 Å². The van der Waals surface area contributed by atoms with Gasteiger partial charge in [0.05, 0.1) is 29.7 Å². The lowest BCUT2D eigenvalue weighted by Crippen LogP contribution is -2.35. The molecule has 3 heterocycles. The number of carboxylic acids is 1. The summed E-state index contributed by atoms with van der Waals surface area (Å²) < 4.78 is 3.86. The molecule has 0 radical (unpaired) electrons. The first-order valence-corrected chi connectivity index (χ1v) is 9.30. The van der Waals surface area contributed by atoms with Crippen LogP contribution in [0, 0.1) is 12.3 Å². The summed E-state index contributed by atoms with van der Waals surface area (Å²) in [5.41, 5.74) is 3.72. The topological polar surface area (TPSA) is 77.1 Å². The van der Waals surface area contributed by atoms with E-state index in [1.807, 2.05) is 46.5 Å². The quantitative estimate of drug-likeness (QED) is 0.733.